The lowest BCUT2D eigenvalue weighted by atomic mass is 9.96. The molecule has 4 heteroatoms. The van der Waals surface area contributed by atoms with Crippen LogP contribution in [0.1, 0.15) is 26.7 Å². The number of nitrogens with zero attached hydrogens (tertiary/aromatic N) is 1. The van der Waals surface area contributed by atoms with Gasteiger partial charge in [0, 0.05) is 39.3 Å². The van der Waals surface area contributed by atoms with Crippen molar-refractivity contribution in [3.05, 3.63) is 0 Å². The van der Waals surface area contributed by atoms with E-state index in [-0.39, 0.29) is 5.92 Å². The van der Waals surface area contributed by atoms with Crippen molar-refractivity contribution >= 4 is 5.91 Å². The van der Waals surface area contributed by atoms with Gasteiger partial charge in [0.25, 0.3) is 0 Å². The Morgan fingerprint density at radius 2 is 2.12 bits per heavy atom. The molecule has 1 rings (SSSR count). The molecule has 1 aliphatic heterocycles. The molecule has 1 atom stereocenters. The Bertz CT molecular complexity index is 225. The highest BCUT2D eigenvalue weighted by atomic mass is 16.5. The van der Waals surface area contributed by atoms with Gasteiger partial charge in [-0.25, -0.2) is 0 Å². The molecule has 0 aromatic rings. The smallest absolute Gasteiger partial charge is 0.226 e. The predicted octanol–water partition coefficient (Wildman–Crippen LogP) is 1.12. The Morgan fingerprint density at radius 3 is 2.65 bits per heavy atom. The molecular formula is C13H26N2O2. The first-order valence-electron chi connectivity index (χ1n) is 6.67. The summed E-state index contributed by atoms with van der Waals surface area (Å²) in [5.74, 6) is 1.02. The van der Waals surface area contributed by atoms with Crippen molar-refractivity contribution in [1.82, 2.24) is 10.2 Å². The second kappa shape index (κ2) is 7.67. The minimum Gasteiger partial charge on any atom is -0.384 e. The summed E-state index contributed by atoms with van der Waals surface area (Å²) in [4.78, 5) is 14.1. The first-order valence-corrected chi connectivity index (χ1v) is 6.67. The number of amides is 1. The van der Waals surface area contributed by atoms with Gasteiger partial charge in [0.05, 0.1) is 0 Å². The molecule has 0 aliphatic carbocycles. The van der Waals surface area contributed by atoms with Gasteiger partial charge in [-0.2, -0.15) is 0 Å². The fraction of sp³-hybridized carbons (Fsp3) is 0.923. The molecule has 0 aromatic carbocycles. The van der Waals surface area contributed by atoms with Gasteiger partial charge in [0.2, 0.25) is 5.91 Å². The van der Waals surface area contributed by atoms with E-state index in [1.54, 1.807) is 7.11 Å². The molecule has 1 amide bonds. The zero-order valence-corrected chi connectivity index (χ0v) is 11.4. The number of ether oxygens (including phenoxy) is 1. The lowest BCUT2D eigenvalue weighted by Gasteiger charge is -2.33. The molecule has 0 aromatic heterocycles. The molecule has 4 nitrogen and oxygen atoms in total. The lowest BCUT2D eigenvalue weighted by molar-refractivity contribution is -0.136. The number of hydrogen-bond donors (Lipinski definition) is 1. The number of carbonyl (C=O) groups excluding carboxylic acids is 1. The van der Waals surface area contributed by atoms with Crippen molar-refractivity contribution in [1.29, 1.82) is 0 Å². The summed E-state index contributed by atoms with van der Waals surface area (Å²) in [7, 11) is 1.75. The molecule has 1 saturated heterocycles. The molecule has 100 valence electrons. The van der Waals surface area contributed by atoms with Crippen molar-refractivity contribution in [2.45, 2.75) is 26.7 Å². The Kier molecular flexibility index (Phi) is 6.52. The predicted molar refractivity (Wildman–Crippen MR) is 68.9 cm³/mol. The van der Waals surface area contributed by atoms with Crippen molar-refractivity contribution in [3.63, 3.8) is 0 Å². The molecule has 0 spiro atoms. The average molecular weight is 242 g/mol. The number of carbonyl (C=O) groups is 1. The first-order chi connectivity index (χ1) is 8.19. The minimum atomic E-state index is 0.0916. The van der Waals surface area contributed by atoms with Gasteiger partial charge in [-0.15, -0.1) is 0 Å². The summed E-state index contributed by atoms with van der Waals surface area (Å²) in [5, 5.41) is 3.23. The van der Waals surface area contributed by atoms with Crippen LogP contribution in [0.25, 0.3) is 0 Å². The Balaban J connectivity index is 2.30. The molecule has 1 aliphatic rings. The summed E-state index contributed by atoms with van der Waals surface area (Å²) >= 11 is 0. The molecule has 17 heavy (non-hydrogen) atoms. The van der Waals surface area contributed by atoms with Crippen molar-refractivity contribution < 1.29 is 9.53 Å². The standard InChI is InChI=1S/C13H26N2O2/c1-4-14-9-11(2)13(16)15-7-5-12(6-8-15)10-17-3/h11-12,14H,4-10H2,1-3H3. The van der Waals surface area contributed by atoms with E-state index in [1.807, 2.05) is 11.8 Å². The molecule has 1 fully saturated rings. The van der Waals surface area contributed by atoms with Crippen LogP contribution in [0.2, 0.25) is 0 Å². The highest BCUT2D eigenvalue weighted by Crippen LogP contribution is 2.18. The zero-order valence-electron chi connectivity index (χ0n) is 11.4. The number of piperidine rings is 1. The fourth-order valence-corrected chi connectivity index (χ4v) is 2.32. The molecule has 1 heterocycles. The van der Waals surface area contributed by atoms with E-state index >= 15 is 0 Å². The van der Waals surface area contributed by atoms with Gasteiger partial charge in [-0.05, 0) is 25.3 Å². The largest absolute Gasteiger partial charge is 0.384 e. The van der Waals surface area contributed by atoms with Crippen LogP contribution in [0.3, 0.4) is 0 Å². The third kappa shape index (κ3) is 4.64. The molecular weight excluding hydrogens is 216 g/mol. The summed E-state index contributed by atoms with van der Waals surface area (Å²) < 4.78 is 5.16. The summed E-state index contributed by atoms with van der Waals surface area (Å²) in [5.41, 5.74) is 0. The highest BCUT2D eigenvalue weighted by molar-refractivity contribution is 5.78. The molecule has 1 unspecified atom stereocenters. The van der Waals surface area contributed by atoms with Gasteiger partial charge in [-0.3, -0.25) is 4.79 Å². The molecule has 0 saturated carbocycles. The molecule has 1 N–H and O–H groups in total. The van der Waals surface area contributed by atoms with Crippen molar-refractivity contribution in [3.8, 4) is 0 Å². The summed E-state index contributed by atoms with van der Waals surface area (Å²) in [6.07, 6.45) is 2.15. The zero-order chi connectivity index (χ0) is 12.7. The van der Waals surface area contributed by atoms with Crippen LogP contribution in [0.15, 0.2) is 0 Å². The monoisotopic (exact) mass is 242 g/mol. The van der Waals surface area contributed by atoms with Crippen LogP contribution >= 0.6 is 0 Å². The number of nitrogens with one attached hydrogen (secondary N) is 1. The van der Waals surface area contributed by atoms with Crippen molar-refractivity contribution in [2.24, 2.45) is 11.8 Å². The Morgan fingerprint density at radius 1 is 1.47 bits per heavy atom. The average Bonchev–Trinajstić information content (AvgIpc) is 2.36. The maximum atomic E-state index is 12.1. The minimum absolute atomic E-state index is 0.0916. The quantitative estimate of drug-likeness (QED) is 0.759. The second-order valence-electron chi connectivity index (χ2n) is 4.93. The van der Waals surface area contributed by atoms with E-state index in [0.29, 0.717) is 11.8 Å². The van der Waals surface area contributed by atoms with Gasteiger partial charge < -0.3 is 15.0 Å². The van der Waals surface area contributed by atoms with Crippen LogP contribution in [0.4, 0.5) is 0 Å². The number of rotatable bonds is 6. The molecule has 0 radical (unpaired) electrons. The van der Waals surface area contributed by atoms with Gasteiger partial charge in [-0.1, -0.05) is 13.8 Å². The second-order valence-corrected chi connectivity index (χ2v) is 4.93. The van der Waals surface area contributed by atoms with Gasteiger partial charge >= 0.3 is 0 Å². The van der Waals surface area contributed by atoms with E-state index in [1.165, 1.54) is 0 Å². The third-order valence-electron chi connectivity index (χ3n) is 3.45. The molecule has 0 bridgehead atoms. The number of hydrogen-bond acceptors (Lipinski definition) is 3. The van der Waals surface area contributed by atoms with E-state index in [9.17, 15) is 4.79 Å². The van der Waals surface area contributed by atoms with Gasteiger partial charge in [0.1, 0.15) is 0 Å². The summed E-state index contributed by atoms with van der Waals surface area (Å²) in [6, 6.07) is 0. The van der Waals surface area contributed by atoms with Crippen molar-refractivity contribution in [2.75, 3.05) is 39.9 Å². The normalized spacial score (nSPS) is 19.4. The first kappa shape index (κ1) is 14.5. The van der Waals surface area contributed by atoms with Crippen LogP contribution < -0.4 is 5.32 Å². The Hall–Kier alpha value is -0.610. The Labute approximate surface area is 105 Å². The fourth-order valence-electron chi connectivity index (χ4n) is 2.32. The lowest BCUT2D eigenvalue weighted by Crippen LogP contribution is -2.44. The summed E-state index contributed by atoms with van der Waals surface area (Å²) in [6.45, 7) is 8.39. The number of likely N-dealkylation sites (tertiary alicyclic amines) is 1. The van der Waals surface area contributed by atoms with Crippen LogP contribution in [0.5, 0.6) is 0 Å². The van der Waals surface area contributed by atoms with Gasteiger partial charge in [0.15, 0.2) is 0 Å². The topological polar surface area (TPSA) is 41.6 Å². The maximum Gasteiger partial charge on any atom is 0.226 e. The van der Waals surface area contributed by atoms with E-state index in [2.05, 4.69) is 12.2 Å². The van der Waals surface area contributed by atoms with Crippen LogP contribution in [-0.4, -0.2) is 50.7 Å². The number of methoxy groups -OCH3 is 1. The van der Waals surface area contributed by atoms with E-state index in [4.69, 9.17) is 4.74 Å². The van der Waals surface area contributed by atoms with Crippen LogP contribution in [0, 0.1) is 11.8 Å². The van der Waals surface area contributed by atoms with E-state index < -0.39 is 0 Å². The SMILES string of the molecule is CCNCC(C)C(=O)N1CCC(COC)CC1. The third-order valence-corrected chi connectivity index (χ3v) is 3.45. The van der Waals surface area contributed by atoms with E-state index in [0.717, 1.165) is 45.6 Å². The maximum absolute atomic E-state index is 12.1. The van der Waals surface area contributed by atoms with Crippen LogP contribution in [-0.2, 0) is 9.53 Å². The highest BCUT2D eigenvalue weighted by Gasteiger charge is 2.25.